The number of hydrogen-bond acceptors (Lipinski definition) is 2. The van der Waals surface area contributed by atoms with Crippen molar-refractivity contribution in [2.24, 2.45) is 0 Å². The Balaban J connectivity index is 2.70. The molecule has 0 spiro atoms. The van der Waals surface area contributed by atoms with Crippen molar-refractivity contribution in [2.45, 2.75) is 5.33 Å². The molecule has 1 nitrogen and oxygen atoms in total. The largest absolute Gasteiger partial charge is 0.398 e. The molecule has 2 aromatic rings. The van der Waals surface area contributed by atoms with Gasteiger partial charge in [-0.15, -0.1) is 11.3 Å². The summed E-state index contributed by atoms with van der Waals surface area (Å²) in [5.41, 5.74) is 6.34. The van der Waals surface area contributed by atoms with E-state index in [2.05, 4.69) is 22.0 Å². The van der Waals surface area contributed by atoms with Gasteiger partial charge in [-0.05, 0) is 23.6 Å². The maximum Gasteiger partial charge on any atom is 0.0649 e. The predicted octanol–water partition coefficient (Wildman–Crippen LogP) is 4.03. The number of alkyl halides is 1. The van der Waals surface area contributed by atoms with Gasteiger partial charge >= 0.3 is 0 Å². The third-order valence-electron chi connectivity index (χ3n) is 1.82. The first-order valence-electron chi connectivity index (χ1n) is 3.74. The van der Waals surface area contributed by atoms with E-state index in [-0.39, 0.29) is 0 Å². The number of hydrogen-bond donors (Lipinski definition) is 1. The summed E-state index contributed by atoms with van der Waals surface area (Å²) < 4.78 is 1.19. The Hall–Kier alpha value is -0.250. The summed E-state index contributed by atoms with van der Waals surface area (Å²) in [7, 11) is 0. The minimum Gasteiger partial charge on any atom is -0.398 e. The Kier molecular flexibility index (Phi) is 2.49. The zero-order chi connectivity index (χ0) is 9.42. The van der Waals surface area contributed by atoms with Gasteiger partial charge in [0, 0.05) is 14.9 Å². The smallest absolute Gasteiger partial charge is 0.0649 e. The highest BCUT2D eigenvalue weighted by Crippen LogP contribution is 2.32. The van der Waals surface area contributed by atoms with Crippen LogP contribution < -0.4 is 5.73 Å². The first kappa shape index (κ1) is 9.31. The zero-order valence-corrected chi connectivity index (χ0v) is 9.84. The molecule has 68 valence electrons. The fourth-order valence-electron chi connectivity index (χ4n) is 1.20. The molecule has 2 N–H and O–H groups in total. The molecule has 1 heterocycles. The van der Waals surface area contributed by atoms with Crippen LogP contribution in [-0.2, 0) is 5.33 Å². The highest BCUT2D eigenvalue weighted by molar-refractivity contribution is 9.08. The van der Waals surface area contributed by atoms with Gasteiger partial charge in [0.05, 0.1) is 10.7 Å². The Morgan fingerprint density at radius 2 is 2.15 bits per heavy atom. The van der Waals surface area contributed by atoms with Crippen LogP contribution in [-0.4, -0.2) is 0 Å². The highest BCUT2D eigenvalue weighted by Gasteiger charge is 2.03. The van der Waals surface area contributed by atoms with E-state index in [9.17, 15) is 0 Å². The monoisotopic (exact) mass is 275 g/mol. The van der Waals surface area contributed by atoms with Crippen molar-refractivity contribution in [3.05, 3.63) is 28.1 Å². The van der Waals surface area contributed by atoms with Crippen LogP contribution in [0.3, 0.4) is 0 Å². The Labute approximate surface area is 93.6 Å². The van der Waals surface area contributed by atoms with Gasteiger partial charge in [-0.1, -0.05) is 27.5 Å². The summed E-state index contributed by atoms with van der Waals surface area (Å²) in [6, 6.07) is 5.96. The first-order chi connectivity index (χ1) is 6.20. The summed E-state index contributed by atoms with van der Waals surface area (Å²) in [6.07, 6.45) is 0. The quantitative estimate of drug-likeness (QED) is 0.617. The molecule has 0 unspecified atom stereocenters. The number of benzene rings is 1. The molecular formula is C9H7BrClNS. The van der Waals surface area contributed by atoms with Crippen LogP contribution in [0.15, 0.2) is 18.2 Å². The van der Waals surface area contributed by atoms with E-state index in [0.717, 1.165) is 5.33 Å². The molecule has 1 aromatic carbocycles. The molecule has 0 aliphatic heterocycles. The van der Waals surface area contributed by atoms with Crippen molar-refractivity contribution in [3.63, 3.8) is 0 Å². The molecule has 0 aliphatic carbocycles. The van der Waals surface area contributed by atoms with E-state index < -0.39 is 0 Å². The van der Waals surface area contributed by atoms with Crippen LogP contribution in [0.5, 0.6) is 0 Å². The number of anilines is 1. The lowest BCUT2D eigenvalue weighted by Crippen LogP contribution is -1.83. The third kappa shape index (κ3) is 1.68. The average molecular weight is 277 g/mol. The summed E-state index contributed by atoms with van der Waals surface area (Å²) in [5, 5.41) is 2.68. The molecule has 0 saturated carbocycles. The Morgan fingerprint density at radius 1 is 1.38 bits per heavy atom. The van der Waals surface area contributed by atoms with Crippen molar-refractivity contribution >= 4 is 54.6 Å². The Bertz CT molecular complexity index is 413. The molecule has 2 rings (SSSR count). The maximum absolute atomic E-state index is 5.91. The third-order valence-corrected chi connectivity index (χ3v) is 4.22. The van der Waals surface area contributed by atoms with Gasteiger partial charge in [0.2, 0.25) is 0 Å². The molecule has 4 heteroatoms. The minimum atomic E-state index is 0.635. The molecular weight excluding hydrogens is 270 g/mol. The van der Waals surface area contributed by atoms with Crippen LogP contribution in [0.1, 0.15) is 4.88 Å². The topological polar surface area (TPSA) is 26.0 Å². The second-order valence-corrected chi connectivity index (χ2v) is 4.89. The van der Waals surface area contributed by atoms with Gasteiger partial charge in [0.25, 0.3) is 0 Å². The standard InChI is InChI=1S/C9H7BrClNS/c10-4-6-1-5-2-8(12)7(11)3-9(5)13-6/h1-3H,4,12H2. The second kappa shape index (κ2) is 3.48. The second-order valence-electron chi connectivity index (χ2n) is 2.76. The SMILES string of the molecule is Nc1cc2cc(CBr)sc2cc1Cl. The summed E-state index contributed by atoms with van der Waals surface area (Å²) in [5.74, 6) is 0. The van der Waals surface area contributed by atoms with Gasteiger partial charge in [0.15, 0.2) is 0 Å². The molecule has 0 atom stereocenters. The molecule has 0 radical (unpaired) electrons. The predicted molar refractivity (Wildman–Crippen MR) is 63.9 cm³/mol. The molecule has 13 heavy (non-hydrogen) atoms. The zero-order valence-electron chi connectivity index (χ0n) is 6.68. The fourth-order valence-corrected chi connectivity index (χ4v) is 2.87. The Morgan fingerprint density at radius 3 is 2.85 bits per heavy atom. The van der Waals surface area contributed by atoms with Gasteiger partial charge in [-0.2, -0.15) is 0 Å². The molecule has 0 amide bonds. The highest BCUT2D eigenvalue weighted by atomic mass is 79.9. The van der Waals surface area contributed by atoms with Gasteiger partial charge in [-0.25, -0.2) is 0 Å². The van der Waals surface area contributed by atoms with Gasteiger partial charge < -0.3 is 5.73 Å². The first-order valence-corrected chi connectivity index (χ1v) is 6.05. The van der Waals surface area contributed by atoms with Crippen molar-refractivity contribution in [3.8, 4) is 0 Å². The summed E-state index contributed by atoms with van der Waals surface area (Å²) in [6.45, 7) is 0. The number of nitrogens with two attached hydrogens (primary N) is 1. The van der Waals surface area contributed by atoms with Crippen LogP contribution in [0.25, 0.3) is 10.1 Å². The van der Waals surface area contributed by atoms with E-state index in [0.29, 0.717) is 10.7 Å². The van der Waals surface area contributed by atoms with E-state index in [4.69, 9.17) is 17.3 Å². The lowest BCUT2D eigenvalue weighted by atomic mass is 10.2. The van der Waals surface area contributed by atoms with Crippen LogP contribution >= 0.6 is 38.9 Å². The van der Waals surface area contributed by atoms with E-state index in [1.165, 1.54) is 15.0 Å². The van der Waals surface area contributed by atoms with E-state index in [1.807, 2.05) is 12.1 Å². The molecule has 1 aromatic heterocycles. The number of thiophene rings is 1. The van der Waals surface area contributed by atoms with Crippen molar-refractivity contribution < 1.29 is 0 Å². The van der Waals surface area contributed by atoms with Gasteiger partial charge in [0.1, 0.15) is 0 Å². The molecule has 0 bridgehead atoms. The van der Waals surface area contributed by atoms with E-state index in [1.54, 1.807) is 11.3 Å². The van der Waals surface area contributed by atoms with Gasteiger partial charge in [-0.3, -0.25) is 0 Å². The number of rotatable bonds is 1. The van der Waals surface area contributed by atoms with Crippen LogP contribution in [0.4, 0.5) is 5.69 Å². The lowest BCUT2D eigenvalue weighted by molar-refractivity contribution is 1.60. The summed E-state index contributed by atoms with van der Waals surface area (Å²) in [4.78, 5) is 1.29. The molecule has 0 fully saturated rings. The molecule has 0 saturated heterocycles. The van der Waals surface area contributed by atoms with Crippen molar-refractivity contribution in [2.75, 3.05) is 5.73 Å². The summed E-state index contributed by atoms with van der Waals surface area (Å²) >= 11 is 11.1. The lowest BCUT2D eigenvalue weighted by Gasteiger charge is -1.96. The normalized spacial score (nSPS) is 10.9. The maximum atomic E-state index is 5.91. The number of halogens is 2. The van der Waals surface area contributed by atoms with Crippen molar-refractivity contribution in [1.29, 1.82) is 0 Å². The fraction of sp³-hybridized carbons (Fsp3) is 0.111. The molecule has 0 aliphatic rings. The number of fused-ring (bicyclic) bond motifs is 1. The number of nitrogen functional groups attached to an aromatic ring is 1. The average Bonchev–Trinajstić information content (AvgIpc) is 2.48. The van der Waals surface area contributed by atoms with Crippen LogP contribution in [0, 0.1) is 0 Å². The van der Waals surface area contributed by atoms with Crippen LogP contribution in [0.2, 0.25) is 5.02 Å². The van der Waals surface area contributed by atoms with Crippen molar-refractivity contribution in [1.82, 2.24) is 0 Å². The minimum absolute atomic E-state index is 0.635. The van der Waals surface area contributed by atoms with E-state index >= 15 is 0 Å².